The second-order valence-electron chi connectivity index (χ2n) is 8.54. The van der Waals surface area contributed by atoms with Gasteiger partial charge in [-0.15, -0.1) is 0 Å². The lowest BCUT2D eigenvalue weighted by Gasteiger charge is -2.30. The highest BCUT2D eigenvalue weighted by molar-refractivity contribution is 6.03. The molecule has 4 rings (SSSR count). The number of carbonyl (C=O) groups excluding carboxylic acids is 1. The van der Waals surface area contributed by atoms with Crippen molar-refractivity contribution in [1.82, 2.24) is 19.6 Å². The van der Waals surface area contributed by atoms with Gasteiger partial charge in [-0.2, -0.15) is 0 Å². The minimum absolute atomic E-state index is 0.0579. The van der Waals surface area contributed by atoms with Crippen LogP contribution in [0.2, 0.25) is 0 Å². The van der Waals surface area contributed by atoms with Crippen LogP contribution < -0.4 is 10.2 Å². The van der Waals surface area contributed by atoms with Crippen LogP contribution in [0.4, 0.5) is 18.9 Å². The van der Waals surface area contributed by atoms with Crippen molar-refractivity contribution < 1.29 is 18.0 Å². The van der Waals surface area contributed by atoms with Gasteiger partial charge in [0.15, 0.2) is 0 Å². The van der Waals surface area contributed by atoms with Crippen LogP contribution in [0.1, 0.15) is 30.0 Å². The number of amides is 1. The van der Waals surface area contributed by atoms with Crippen molar-refractivity contribution in [2.75, 3.05) is 37.6 Å². The SMILES string of the molecule is Cc1ncc2c(-c3ccc(F)cc3C(=O)N(CC(F)F)C(C)C)cc(N3CCNCC3)cn12. The van der Waals surface area contributed by atoms with Crippen LogP contribution in [-0.2, 0) is 0 Å². The van der Waals surface area contributed by atoms with Crippen molar-refractivity contribution >= 4 is 17.1 Å². The Kier molecular flexibility index (Phi) is 6.60. The third kappa shape index (κ3) is 4.68. The number of alkyl halides is 2. The quantitative estimate of drug-likeness (QED) is 0.606. The number of aryl methyl sites for hydroxylation is 1. The van der Waals surface area contributed by atoms with Crippen LogP contribution in [-0.4, -0.2) is 65.4 Å². The lowest BCUT2D eigenvalue weighted by atomic mass is 9.97. The summed E-state index contributed by atoms with van der Waals surface area (Å²) in [6, 6.07) is 5.47. The molecular weight excluding hydrogens is 431 g/mol. The number of imidazole rings is 1. The first-order valence-electron chi connectivity index (χ1n) is 11.1. The lowest BCUT2D eigenvalue weighted by Crippen LogP contribution is -2.43. The Balaban J connectivity index is 1.89. The van der Waals surface area contributed by atoms with Gasteiger partial charge in [0.1, 0.15) is 11.6 Å². The number of nitrogens with one attached hydrogen (secondary N) is 1. The first-order valence-corrected chi connectivity index (χ1v) is 11.1. The van der Waals surface area contributed by atoms with Crippen molar-refractivity contribution in [1.29, 1.82) is 0 Å². The molecule has 3 heterocycles. The third-order valence-corrected chi connectivity index (χ3v) is 6.01. The summed E-state index contributed by atoms with van der Waals surface area (Å²) in [7, 11) is 0. The van der Waals surface area contributed by atoms with Crippen LogP contribution in [0.25, 0.3) is 16.6 Å². The number of halogens is 3. The Morgan fingerprint density at radius 1 is 1.18 bits per heavy atom. The molecule has 33 heavy (non-hydrogen) atoms. The molecule has 0 aliphatic carbocycles. The molecule has 9 heteroatoms. The number of benzene rings is 1. The van der Waals surface area contributed by atoms with Crippen LogP contribution in [0.15, 0.2) is 36.7 Å². The van der Waals surface area contributed by atoms with Crippen molar-refractivity contribution in [2.24, 2.45) is 0 Å². The number of anilines is 1. The summed E-state index contributed by atoms with van der Waals surface area (Å²) in [6.07, 6.45) is 1.03. The topological polar surface area (TPSA) is 52.9 Å². The number of hydrogen-bond acceptors (Lipinski definition) is 4. The summed E-state index contributed by atoms with van der Waals surface area (Å²) in [5.74, 6) is -0.441. The molecule has 0 atom stereocenters. The van der Waals surface area contributed by atoms with Crippen LogP contribution in [0.5, 0.6) is 0 Å². The molecule has 0 unspecified atom stereocenters. The van der Waals surface area contributed by atoms with Crippen molar-refractivity contribution in [3.8, 4) is 11.1 Å². The van der Waals surface area contributed by atoms with E-state index in [0.717, 1.165) is 54.2 Å². The minimum Gasteiger partial charge on any atom is -0.368 e. The van der Waals surface area contributed by atoms with Gasteiger partial charge < -0.3 is 19.5 Å². The highest BCUT2D eigenvalue weighted by atomic mass is 19.3. The Labute approximate surface area is 191 Å². The van der Waals surface area contributed by atoms with Gasteiger partial charge in [0.2, 0.25) is 0 Å². The van der Waals surface area contributed by atoms with E-state index in [-0.39, 0.29) is 5.56 Å². The van der Waals surface area contributed by atoms with Crippen molar-refractivity contribution in [3.05, 3.63) is 53.9 Å². The first-order chi connectivity index (χ1) is 15.8. The van der Waals surface area contributed by atoms with Crippen LogP contribution in [0.3, 0.4) is 0 Å². The largest absolute Gasteiger partial charge is 0.368 e. The average Bonchev–Trinajstić information content (AvgIpc) is 3.17. The lowest BCUT2D eigenvalue weighted by molar-refractivity contribution is 0.0476. The zero-order valence-corrected chi connectivity index (χ0v) is 19.0. The summed E-state index contributed by atoms with van der Waals surface area (Å²) in [5, 5.41) is 3.33. The second kappa shape index (κ2) is 9.43. The number of nitrogens with zero attached hydrogens (tertiary/aromatic N) is 4. The molecule has 1 aliphatic rings. The summed E-state index contributed by atoms with van der Waals surface area (Å²) < 4.78 is 42.6. The van der Waals surface area contributed by atoms with E-state index in [1.54, 1.807) is 26.1 Å². The standard InChI is InChI=1S/C24H28F3N5O/c1-15(2)31(14-23(26)27)24(33)21-10-17(25)4-5-19(21)20-11-18(30-8-6-28-7-9-30)13-32-16(3)29-12-22(20)32/h4-5,10-13,15,23,28H,6-9,14H2,1-3H3. The summed E-state index contributed by atoms with van der Waals surface area (Å²) in [5.41, 5.74) is 2.97. The molecule has 6 nitrogen and oxygen atoms in total. The van der Waals surface area contributed by atoms with E-state index in [2.05, 4.69) is 15.2 Å². The molecule has 1 N–H and O–H groups in total. The highest BCUT2D eigenvalue weighted by Crippen LogP contribution is 2.34. The number of fused-ring (bicyclic) bond motifs is 1. The monoisotopic (exact) mass is 459 g/mol. The maximum atomic E-state index is 14.3. The molecule has 1 aromatic carbocycles. The summed E-state index contributed by atoms with van der Waals surface area (Å²) in [4.78, 5) is 21.1. The molecule has 176 valence electrons. The second-order valence-corrected chi connectivity index (χ2v) is 8.54. The Hall–Kier alpha value is -3.07. The van der Waals surface area contributed by atoms with E-state index >= 15 is 0 Å². The van der Waals surface area contributed by atoms with E-state index in [0.29, 0.717) is 11.1 Å². The van der Waals surface area contributed by atoms with Crippen LogP contribution in [0, 0.1) is 12.7 Å². The van der Waals surface area contributed by atoms with Gasteiger partial charge in [-0.05, 0) is 44.5 Å². The molecule has 1 amide bonds. The molecule has 1 fully saturated rings. The van der Waals surface area contributed by atoms with Gasteiger partial charge in [0.05, 0.1) is 29.5 Å². The maximum Gasteiger partial charge on any atom is 0.255 e. The number of carbonyl (C=O) groups is 1. The maximum absolute atomic E-state index is 14.3. The number of aromatic nitrogens is 2. The van der Waals surface area contributed by atoms with Gasteiger partial charge >= 0.3 is 0 Å². The van der Waals surface area contributed by atoms with Gasteiger partial charge in [-0.25, -0.2) is 18.2 Å². The predicted molar refractivity (Wildman–Crippen MR) is 123 cm³/mol. The molecule has 1 aliphatic heterocycles. The molecule has 0 saturated carbocycles. The van der Waals surface area contributed by atoms with E-state index in [1.807, 2.05) is 23.6 Å². The van der Waals surface area contributed by atoms with Gasteiger partial charge in [-0.1, -0.05) is 6.07 Å². The van der Waals surface area contributed by atoms with Gasteiger partial charge in [0.25, 0.3) is 12.3 Å². The molecule has 3 aromatic rings. The fourth-order valence-electron chi connectivity index (χ4n) is 4.28. The summed E-state index contributed by atoms with van der Waals surface area (Å²) >= 11 is 0. The Bertz CT molecular complexity index is 1150. The molecular formula is C24H28F3N5O. The van der Waals surface area contributed by atoms with Gasteiger partial charge in [0, 0.05) is 44.0 Å². The van der Waals surface area contributed by atoms with E-state index in [4.69, 9.17) is 0 Å². The first kappa shape index (κ1) is 23.1. The number of piperazine rings is 1. The fraction of sp³-hybridized carbons (Fsp3) is 0.417. The Morgan fingerprint density at radius 3 is 2.58 bits per heavy atom. The van der Waals surface area contributed by atoms with Crippen molar-refractivity contribution in [2.45, 2.75) is 33.2 Å². The molecule has 2 aromatic heterocycles. The molecule has 0 spiro atoms. The molecule has 0 radical (unpaired) electrons. The van der Waals surface area contributed by atoms with E-state index < -0.39 is 30.7 Å². The zero-order valence-electron chi connectivity index (χ0n) is 19.0. The highest BCUT2D eigenvalue weighted by Gasteiger charge is 2.26. The fourth-order valence-corrected chi connectivity index (χ4v) is 4.28. The summed E-state index contributed by atoms with van der Waals surface area (Å²) in [6.45, 7) is 7.87. The molecule has 0 bridgehead atoms. The van der Waals surface area contributed by atoms with Crippen molar-refractivity contribution in [3.63, 3.8) is 0 Å². The molecule has 1 saturated heterocycles. The number of hydrogen-bond donors (Lipinski definition) is 1. The predicted octanol–water partition coefficient (Wildman–Crippen LogP) is 3.97. The average molecular weight is 460 g/mol. The van der Waals surface area contributed by atoms with Crippen LogP contribution >= 0.6 is 0 Å². The van der Waals surface area contributed by atoms with E-state index in [1.165, 1.54) is 6.07 Å². The third-order valence-electron chi connectivity index (χ3n) is 6.01. The van der Waals surface area contributed by atoms with E-state index in [9.17, 15) is 18.0 Å². The number of pyridine rings is 1. The normalized spacial score (nSPS) is 14.5. The smallest absolute Gasteiger partial charge is 0.255 e. The zero-order chi connectivity index (χ0) is 23.7. The van der Waals surface area contributed by atoms with Gasteiger partial charge in [-0.3, -0.25) is 4.79 Å². The minimum atomic E-state index is -2.69. The number of rotatable bonds is 6. The Morgan fingerprint density at radius 2 is 1.91 bits per heavy atom.